The van der Waals surface area contributed by atoms with Crippen molar-refractivity contribution in [3.63, 3.8) is 0 Å². The Morgan fingerprint density at radius 2 is 2.22 bits per heavy atom. The van der Waals surface area contributed by atoms with Crippen LogP contribution in [-0.4, -0.2) is 23.6 Å². The molecule has 18 heavy (non-hydrogen) atoms. The Morgan fingerprint density at radius 1 is 1.39 bits per heavy atom. The third-order valence-corrected chi connectivity index (χ3v) is 3.16. The summed E-state index contributed by atoms with van der Waals surface area (Å²) in [6.45, 7) is 0.772. The summed E-state index contributed by atoms with van der Waals surface area (Å²) >= 11 is 1.69. The minimum Gasteiger partial charge on any atom is -0.490 e. The smallest absolute Gasteiger partial charge is 0.205 e. The first-order valence-electron chi connectivity index (χ1n) is 5.45. The fourth-order valence-electron chi connectivity index (χ4n) is 1.56. The fraction of sp³-hybridized carbons (Fsp3) is 0.273. The third kappa shape index (κ3) is 2.88. The van der Waals surface area contributed by atoms with Gasteiger partial charge in [0.25, 0.3) is 0 Å². The molecule has 0 saturated heterocycles. The molecular formula is C11H15N5OS. The number of nitrogen functional groups attached to an aromatic ring is 1. The first-order chi connectivity index (χ1) is 8.85. The maximum atomic E-state index is 5.35. The highest BCUT2D eigenvalue weighted by Gasteiger charge is 2.10. The van der Waals surface area contributed by atoms with E-state index in [4.69, 9.17) is 10.6 Å². The highest BCUT2D eigenvalue weighted by molar-refractivity contribution is 7.07. The lowest BCUT2D eigenvalue weighted by Crippen LogP contribution is -2.13. The largest absolute Gasteiger partial charge is 0.490 e. The summed E-state index contributed by atoms with van der Waals surface area (Å²) in [5.74, 6) is 6.97. The molecule has 0 unspecified atom stereocenters. The minimum atomic E-state index is 0.463. The molecule has 0 aliphatic heterocycles. The molecule has 0 fully saturated rings. The molecule has 0 aliphatic rings. The summed E-state index contributed by atoms with van der Waals surface area (Å²) in [6, 6.07) is 2.11. The molecule has 96 valence electrons. The van der Waals surface area contributed by atoms with Crippen LogP contribution in [0.5, 0.6) is 5.75 Å². The molecule has 0 atom stereocenters. The Balaban J connectivity index is 2.00. The average Bonchev–Trinajstić information content (AvgIpc) is 2.91. The van der Waals surface area contributed by atoms with Crippen LogP contribution in [0.4, 0.5) is 11.6 Å². The first-order valence-corrected chi connectivity index (χ1v) is 6.40. The zero-order valence-corrected chi connectivity index (χ0v) is 10.8. The number of nitrogens with one attached hydrogen (secondary N) is 2. The van der Waals surface area contributed by atoms with Gasteiger partial charge in [-0.05, 0) is 28.8 Å². The summed E-state index contributed by atoms with van der Waals surface area (Å²) in [5.41, 5.74) is 3.78. The zero-order valence-electron chi connectivity index (χ0n) is 10.0. The van der Waals surface area contributed by atoms with Crippen LogP contribution in [-0.2, 0) is 6.42 Å². The number of anilines is 2. The Hall–Kier alpha value is -1.86. The predicted molar refractivity (Wildman–Crippen MR) is 72.9 cm³/mol. The number of hydrazine groups is 1. The van der Waals surface area contributed by atoms with Gasteiger partial charge < -0.3 is 15.5 Å². The van der Waals surface area contributed by atoms with Crippen LogP contribution in [0.25, 0.3) is 0 Å². The lowest BCUT2D eigenvalue weighted by Gasteiger charge is -2.12. The molecule has 0 radical (unpaired) electrons. The van der Waals surface area contributed by atoms with Gasteiger partial charge in [0, 0.05) is 6.54 Å². The van der Waals surface area contributed by atoms with Crippen LogP contribution in [0.15, 0.2) is 23.2 Å². The molecule has 4 N–H and O–H groups in total. The summed E-state index contributed by atoms with van der Waals surface area (Å²) in [5, 5.41) is 7.41. The van der Waals surface area contributed by atoms with Crippen molar-refractivity contribution in [3.8, 4) is 5.75 Å². The van der Waals surface area contributed by atoms with Crippen molar-refractivity contribution in [1.29, 1.82) is 0 Å². The van der Waals surface area contributed by atoms with Gasteiger partial charge in [0.1, 0.15) is 6.33 Å². The van der Waals surface area contributed by atoms with Gasteiger partial charge in [0.15, 0.2) is 11.6 Å². The quantitative estimate of drug-likeness (QED) is 0.542. The Bertz CT molecular complexity index is 488. The number of nitrogens with two attached hydrogens (primary N) is 1. The lowest BCUT2D eigenvalue weighted by atomic mass is 10.2. The van der Waals surface area contributed by atoms with E-state index in [9.17, 15) is 0 Å². The van der Waals surface area contributed by atoms with Crippen LogP contribution < -0.4 is 21.3 Å². The van der Waals surface area contributed by atoms with E-state index in [1.807, 2.05) is 0 Å². The van der Waals surface area contributed by atoms with Gasteiger partial charge in [0.2, 0.25) is 5.75 Å². The van der Waals surface area contributed by atoms with E-state index in [2.05, 4.69) is 37.5 Å². The topological polar surface area (TPSA) is 85.1 Å². The summed E-state index contributed by atoms with van der Waals surface area (Å²) < 4.78 is 5.23. The number of nitrogens with zero attached hydrogens (tertiary/aromatic N) is 2. The van der Waals surface area contributed by atoms with Crippen LogP contribution in [0, 0.1) is 0 Å². The molecule has 0 aromatic carbocycles. The second-order valence-electron chi connectivity index (χ2n) is 3.56. The van der Waals surface area contributed by atoms with Crippen molar-refractivity contribution in [2.75, 3.05) is 24.4 Å². The molecule has 0 aliphatic carbocycles. The molecule has 0 spiro atoms. The molecule has 0 saturated carbocycles. The van der Waals surface area contributed by atoms with E-state index in [0.717, 1.165) is 13.0 Å². The number of thiophene rings is 1. The van der Waals surface area contributed by atoms with Crippen molar-refractivity contribution in [1.82, 2.24) is 9.97 Å². The highest BCUT2D eigenvalue weighted by atomic mass is 32.1. The average molecular weight is 265 g/mol. The van der Waals surface area contributed by atoms with Crippen molar-refractivity contribution >= 4 is 23.0 Å². The number of methoxy groups -OCH3 is 1. The van der Waals surface area contributed by atoms with Crippen LogP contribution >= 0.6 is 11.3 Å². The van der Waals surface area contributed by atoms with E-state index >= 15 is 0 Å². The van der Waals surface area contributed by atoms with Crippen molar-refractivity contribution in [2.45, 2.75) is 6.42 Å². The van der Waals surface area contributed by atoms with Crippen LogP contribution in [0.2, 0.25) is 0 Å². The Labute approximate surface area is 109 Å². The lowest BCUT2D eigenvalue weighted by molar-refractivity contribution is 0.414. The van der Waals surface area contributed by atoms with E-state index < -0.39 is 0 Å². The first kappa shape index (κ1) is 12.6. The van der Waals surface area contributed by atoms with Gasteiger partial charge >= 0.3 is 0 Å². The van der Waals surface area contributed by atoms with Crippen LogP contribution in [0.3, 0.4) is 0 Å². The molecule has 6 nitrogen and oxygen atoms in total. The van der Waals surface area contributed by atoms with Gasteiger partial charge in [-0.25, -0.2) is 15.8 Å². The van der Waals surface area contributed by atoms with Gasteiger partial charge in [-0.2, -0.15) is 11.3 Å². The van der Waals surface area contributed by atoms with E-state index in [1.165, 1.54) is 11.9 Å². The molecule has 2 rings (SSSR count). The molecule has 2 aromatic heterocycles. The maximum absolute atomic E-state index is 5.35. The molecule has 0 amide bonds. The summed E-state index contributed by atoms with van der Waals surface area (Å²) in [7, 11) is 1.56. The normalized spacial score (nSPS) is 10.1. The highest BCUT2D eigenvalue weighted by Crippen LogP contribution is 2.27. The summed E-state index contributed by atoms with van der Waals surface area (Å²) in [6.07, 6.45) is 2.37. The Morgan fingerprint density at radius 3 is 2.89 bits per heavy atom. The maximum Gasteiger partial charge on any atom is 0.205 e. The second-order valence-corrected chi connectivity index (χ2v) is 4.34. The van der Waals surface area contributed by atoms with Crippen molar-refractivity contribution in [3.05, 3.63) is 28.7 Å². The zero-order chi connectivity index (χ0) is 12.8. The van der Waals surface area contributed by atoms with Gasteiger partial charge in [0.05, 0.1) is 7.11 Å². The van der Waals surface area contributed by atoms with Crippen LogP contribution in [0.1, 0.15) is 5.56 Å². The number of ether oxygens (including phenoxy) is 1. The van der Waals surface area contributed by atoms with Gasteiger partial charge in [-0.3, -0.25) is 0 Å². The number of aromatic nitrogens is 2. The molecular weight excluding hydrogens is 250 g/mol. The predicted octanol–water partition coefficient (Wildman–Crippen LogP) is 1.49. The Kier molecular flexibility index (Phi) is 4.32. The van der Waals surface area contributed by atoms with Crippen molar-refractivity contribution in [2.24, 2.45) is 5.84 Å². The van der Waals surface area contributed by atoms with Crippen molar-refractivity contribution < 1.29 is 4.74 Å². The minimum absolute atomic E-state index is 0.463. The fourth-order valence-corrected chi connectivity index (χ4v) is 2.26. The van der Waals surface area contributed by atoms with E-state index in [1.54, 1.807) is 18.4 Å². The third-order valence-electron chi connectivity index (χ3n) is 2.43. The number of hydrogen-bond donors (Lipinski definition) is 3. The number of rotatable bonds is 6. The van der Waals surface area contributed by atoms with Gasteiger partial charge in [-0.15, -0.1) is 0 Å². The number of hydrogen-bond acceptors (Lipinski definition) is 7. The molecule has 0 bridgehead atoms. The molecule has 7 heteroatoms. The van der Waals surface area contributed by atoms with E-state index in [0.29, 0.717) is 17.4 Å². The van der Waals surface area contributed by atoms with E-state index in [-0.39, 0.29) is 0 Å². The monoisotopic (exact) mass is 265 g/mol. The second kappa shape index (κ2) is 6.18. The molecule has 2 heterocycles. The van der Waals surface area contributed by atoms with Gasteiger partial charge in [-0.1, -0.05) is 0 Å². The summed E-state index contributed by atoms with van der Waals surface area (Å²) in [4.78, 5) is 8.11. The molecule has 2 aromatic rings. The standard InChI is InChI=1S/C11H15N5OS/c1-17-9-10(14-7-15-11(9)16-12)13-4-2-8-3-5-18-6-8/h3,5-7H,2,4,12H2,1H3,(H2,13,14,15,16). The SMILES string of the molecule is COc1c(NN)ncnc1NCCc1ccsc1.